The average Bonchev–Trinajstić information content (AvgIpc) is 3.38. The Morgan fingerprint density at radius 2 is 2.03 bits per heavy atom. The summed E-state index contributed by atoms with van der Waals surface area (Å²) < 4.78 is 7.05. The standard InChI is InChI=1S/C22H25N5O3/c1-3-30-21(28)16-6-4-15(5-7-16)12-24-22(29)27-11-9-17(14-27)20-25-18-8-10-23-13-19(18)26(20)2/h4-8,10,13,17H,3,9,11-12,14H2,1-2H3,(H,24,29)/t17-/m1/s1. The Bertz CT molecular complexity index is 1060. The number of nitrogens with zero attached hydrogens (tertiary/aromatic N) is 4. The van der Waals surface area contributed by atoms with E-state index in [1.165, 1.54) is 0 Å². The number of aryl methyl sites for hydroxylation is 1. The van der Waals surface area contributed by atoms with Crippen molar-refractivity contribution < 1.29 is 14.3 Å². The fraction of sp³-hybridized carbons (Fsp3) is 0.364. The van der Waals surface area contributed by atoms with Crippen molar-refractivity contribution in [1.82, 2.24) is 24.8 Å². The third kappa shape index (κ3) is 3.98. The minimum atomic E-state index is -0.339. The van der Waals surface area contributed by atoms with E-state index < -0.39 is 0 Å². The molecular formula is C22H25N5O3. The number of nitrogens with one attached hydrogen (secondary N) is 1. The number of hydrogen-bond acceptors (Lipinski definition) is 5. The molecule has 0 spiro atoms. The number of aromatic nitrogens is 3. The predicted molar refractivity (Wildman–Crippen MR) is 112 cm³/mol. The number of amides is 2. The third-order valence-electron chi connectivity index (χ3n) is 5.47. The van der Waals surface area contributed by atoms with Gasteiger partial charge in [-0.3, -0.25) is 4.98 Å². The molecule has 1 aliphatic heterocycles. The molecule has 4 rings (SSSR count). The van der Waals surface area contributed by atoms with Crippen molar-refractivity contribution in [2.45, 2.75) is 25.8 Å². The number of rotatable bonds is 5. The van der Waals surface area contributed by atoms with Crippen LogP contribution in [-0.2, 0) is 18.3 Å². The Morgan fingerprint density at radius 1 is 1.23 bits per heavy atom. The number of ether oxygens (including phenoxy) is 1. The molecule has 1 atom stereocenters. The van der Waals surface area contributed by atoms with Gasteiger partial charge in [0.25, 0.3) is 0 Å². The number of fused-ring (bicyclic) bond motifs is 1. The largest absolute Gasteiger partial charge is 0.462 e. The van der Waals surface area contributed by atoms with Crippen LogP contribution < -0.4 is 5.32 Å². The minimum Gasteiger partial charge on any atom is -0.462 e. The zero-order valence-electron chi connectivity index (χ0n) is 17.2. The smallest absolute Gasteiger partial charge is 0.338 e. The Balaban J connectivity index is 1.34. The van der Waals surface area contributed by atoms with Crippen LogP contribution in [0.4, 0.5) is 4.79 Å². The van der Waals surface area contributed by atoms with Gasteiger partial charge in [0.1, 0.15) is 5.82 Å². The lowest BCUT2D eigenvalue weighted by atomic mass is 10.1. The van der Waals surface area contributed by atoms with Crippen LogP contribution in [0.5, 0.6) is 0 Å². The van der Waals surface area contributed by atoms with Crippen LogP contribution in [0, 0.1) is 0 Å². The summed E-state index contributed by atoms with van der Waals surface area (Å²) in [5.74, 6) is 0.855. The first kappa shape index (κ1) is 19.9. The summed E-state index contributed by atoms with van der Waals surface area (Å²) in [7, 11) is 2.00. The van der Waals surface area contributed by atoms with Gasteiger partial charge in [-0.1, -0.05) is 12.1 Å². The number of benzene rings is 1. The van der Waals surface area contributed by atoms with Crippen LogP contribution in [0.1, 0.15) is 41.0 Å². The monoisotopic (exact) mass is 407 g/mol. The quantitative estimate of drug-likeness (QED) is 0.657. The van der Waals surface area contributed by atoms with E-state index in [2.05, 4.69) is 14.9 Å². The number of imidazole rings is 1. The number of carbonyl (C=O) groups is 2. The van der Waals surface area contributed by atoms with E-state index >= 15 is 0 Å². The lowest BCUT2D eigenvalue weighted by Crippen LogP contribution is -2.38. The fourth-order valence-corrected chi connectivity index (χ4v) is 3.84. The highest BCUT2D eigenvalue weighted by molar-refractivity contribution is 5.89. The Hall–Kier alpha value is -3.42. The molecule has 156 valence electrons. The van der Waals surface area contributed by atoms with E-state index in [1.807, 2.05) is 36.3 Å². The molecule has 0 radical (unpaired) electrons. The molecule has 2 amide bonds. The lowest BCUT2D eigenvalue weighted by Gasteiger charge is -2.17. The molecule has 8 heteroatoms. The number of pyridine rings is 1. The van der Waals surface area contributed by atoms with E-state index in [0.717, 1.165) is 28.8 Å². The van der Waals surface area contributed by atoms with Gasteiger partial charge >= 0.3 is 12.0 Å². The summed E-state index contributed by atoms with van der Waals surface area (Å²) in [6, 6.07) is 8.90. The van der Waals surface area contributed by atoms with Gasteiger partial charge in [0, 0.05) is 38.8 Å². The number of esters is 1. The summed E-state index contributed by atoms with van der Waals surface area (Å²) in [6.45, 7) is 3.86. The van der Waals surface area contributed by atoms with Crippen molar-refractivity contribution in [1.29, 1.82) is 0 Å². The van der Waals surface area contributed by atoms with Crippen molar-refractivity contribution in [2.75, 3.05) is 19.7 Å². The molecule has 30 heavy (non-hydrogen) atoms. The summed E-state index contributed by atoms with van der Waals surface area (Å²) in [6.07, 6.45) is 4.44. The molecule has 3 heterocycles. The molecule has 1 fully saturated rings. The maximum absolute atomic E-state index is 12.6. The van der Waals surface area contributed by atoms with Crippen LogP contribution in [-0.4, -0.2) is 51.1 Å². The molecule has 2 aromatic heterocycles. The van der Waals surface area contributed by atoms with Crippen molar-refractivity contribution in [3.05, 3.63) is 59.7 Å². The van der Waals surface area contributed by atoms with Crippen molar-refractivity contribution in [3.63, 3.8) is 0 Å². The number of hydrogen-bond donors (Lipinski definition) is 1. The molecule has 1 aliphatic rings. The first-order valence-corrected chi connectivity index (χ1v) is 10.1. The zero-order valence-corrected chi connectivity index (χ0v) is 17.2. The average molecular weight is 407 g/mol. The topological polar surface area (TPSA) is 89.3 Å². The molecule has 1 aromatic carbocycles. The van der Waals surface area contributed by atoms with Crippen molar-refractivity contribution in [2.24, 2.45) is 7.05 Å². The third-order valence-corrected chi connectivity index (χ3v) is 5.47. The van der Waals surface area contributed by atoms with Crippen molar-refractivity contribution >= 4 is 23.0 Å². The predicted octanol–water partition coefficient (Wildman–Crippen LogP) is 2.84. The summed E-state index contributed by atoms with van der Waals surface area (Å²) in [5.41, 5.74) is 3.36. The van der Waals surface area contributed by atoms with Gasteiger partial charge in [0.2, 0.25) is 0 Å². The summed E-state index contributed by atoms with van der Waals surface area (Å²) >= 11 is 0. The highest BCUT2D eigenvalue weighted by Gasteiger charge is 2.30. The van der Waals surface area contributed by atoms with Crippen molar-refractivity contribution in [3.8, 4) is 0 Å². The summed E-state index contributed by atoms with van der Waals surface area (Å²) in [5, 5.41) is 2.96. The van der Waals surface area contributed by atoms with Crippen LogP contribution in [0.3, 0.4) is 0 Å². The molecule has 0 bridgehead atoms. The van der Waals surface area contributed by atoms with Gasteiger partial charge in [-0.05, 0) is 37.1 Å². The maximum Gasteiger partial charge on any atom is 0.338 e. The first-order valence-electron chi connectivity index (χ1n) is 10.1. The van der Waals surface area contributed by atoms with Crippen LogP contribution in [0.25, 0.3) is 11.0 Å². The van der Waals surface area contributed by atoms with E-state index in [0.29, 0.717) is 31.8 Å². The molecule has 1 saturated heterocycles. The maximum atomic E-state index is 12.6. The molecule has 1 N–H and O–H groups in total. The van der Waals surface area contributed by atoms with E-state index in [1.54, 1.807) is 25.3 Å². The molecule has 3 aromatic rings. The number of likely N-dealkylation sites (tertiary alicyclic amines) is 1. The van der Waals surface area contributed by atoms with Gasteiger partial charge in [0.05, 0.1) is 29.4 Å². The van der Waals surface area contributed by atoms with E-state index in [9.17, 15) is 9.59 Å². The second-order valence-corrected chi connectivity index (χ2v) is 7.40. The van der Waals surface area contributed by atoms with Gasteiger partial charge in [0.15, 0.2) is 0 Å². The van der Waals surface area contributed by atoms with Crippen LogP contribution >= 0.6 is 0 Å². The lowest BCUT2D eigenvalue weighted by molar-refractivity contribution is 0.0526. The highest BCUT2D eigenvalue weighted by Crippen LogP contribution is 2.28. The van der Waals surface area contributed by atoms with Gasteiger partial charge in [-0.2, -0.15) is 0 Å². The Kier molecular flexibility index (Phi) is 5.65. The SMILES string of the molecule is CCOC(=O)c1ccc(CNC(=O)N2CC[C@@H](c3nc4ccncc4n3C)C2)cc1. The number of urea groups is 1. The number of carbonyl (C=O) groups excluding carboxylic acids is 2. The fourth-order valence-electron chi connectivity index (χ4n) is 3.84. The molecule has 8 nitrogen and oxygen atoms in total. The Labute approximate surface area is 174 Å². The van der Waals surface area contributed by atoms with E-state index in [4.69, 9.17) is 9.72 Å². The zero-order chi connectivity index (χ0) is 21.1. The van der Waals surface area contributed by atoms with Gasteiger partial charge in [-0.15, -0.1) is 0 Å². The van der Waals surface area contributed by atoms with E-state index in [-0.39, 0.29) is 17.9 Å². The minimum absolute atomic E-state index is 0.0904. The van der Waals surface area contributed by atoms with Crippen LogP contribution in [0.15, 0.2) is 42.7 Å². The normalized spacial score (nSPS) is 16.1. The second-order valence-electron chi connectivity index (χ2n) is 7.40. The molecule has 0 saturated carbocycles. The first-order chi connectivity index (χ1) is 14.6. The summed E-state index contributed by atoms with van der Waals surface area (Å²) in [4.78, 5) is 35.1. The van der Waals surface area contributed by atoms with Gasteiger partial charge < -0.3 is 19.5 Å². The highest BCUT2D eigenvalue weighted by atomic mass is 16.5. The van der Waals surface area contributed by atoms with Gasteiger partial charge in [-0.25, -0.2) is 14.6 Å². The molecule has 0 unspecified atom stereocenters. The van der Waals surface area contributed by atoms with Crippen LogP contribution in [0.2, 0.25) is 0 Å². The Morgan fingerprint density at radius 3 is 2.77 bits per heavy atom. The second kappa shape index (κ2) is 8.52. The molecular weight excluding hydrogens is 382 g/mol. The molecule has 0 aliphatic carbocycles.